The van der Waals surface area contributed by atoms with Crippen molar-refractivity contribution >= 4 is 21.8 Å². The molecule has 0 fully saturated rings. The van der Waals surface area contributed by atoms with Crippen molar-refractivity contribution in [3.05, 3.63) is 10.4 Å². The standard InChI is InChI=1S/CH3N3S2/c1-5-6-4-3-2/h1H3. The van der Waals surface area contributed by atoms with Gasteiger partial charge < -0.3 is 0 Å². The van der Waals surface area contributed by atoms with Gasteiger partial charge in [0.05, 0.1) is 0 Å². The molecule has 6 heavy (non-hydrogen) atoms. The molecular formula is CH3N3S2. The minimum absolute atomic E-state index is 1.13. The second kappa shape index (κ2) is 5.01. The summed E-state index contributed by atoms with van der Waals surface area (Å²) in [4.78, 5) is 2.49. The highest BCUT2D eigenvalue weighted by Gasteiger charge is 1.65. The fourth-order valence-electron chi connectivity index (χ4n) is 0.0482. The number of azide groups is 1. The first-order chi connectivity index (χ1) is 2.91. The van der Waals surface area contributed by atoms with E-state index in [9.17, 15) is 0 Å². The molecule has 0 saturated carbocycles. The molecular weight excluding hydrogens is 118 g/mol. The van der Waals surface area contributed by atoms with Gasteiger partial charge in [0.2, 0.25) is 0 Å². The third kappa shape index (κ3) is 4.01. The molecule has 0 radical (unpaired) electrons. The van der Waals surface area contributed by atoms with Crippen LogP contribution in [-0.4, -0.2) is 6.26 Å². The number of hydrogen-bond donors (Lipinski definition) is 0. The molecule has 0 aromatic carbocycles. The molecule has 0 N–H and O–H groups in total. The van der Waals surface area contributed by atoms with Gasteiger partial charge >= 0.3 is 0 Å². The van der Waals surface area contributed by atoms with E-state index in [1.807, 2.05) is 6.26 Å². The van der Waals surface area contributed by atoms with Crippen LogP contribution in [0.3, 0.4) is 0 Å². The van der Waals surface area contributed by atoms with Crippen LogP contribution in [0.5, 0.6) is 0 Å². The molecule has 0 aliphatic rings. The molecule has 0 rings (SSSR count). The summed E-state index contributed by atoms with van der Waals surface area (Å²) in [6, 6.07) is 0. The lowest BCUT2D eigenvalue weighted by atomic mass is 12.0. The second-order valence-corrected chi connectivity index (χ2v) is 2.51. The highest BCUT2D eigenvalue weighted by Crippen LogP contribution is 2.16. The summed E-state index contributed by atoms with van der Waals surface area (Å²) < 4.78 is 3.15. The van der Waals surface area contributed by atoms with E-state index in [4.69, 9.17) is 5.53 Å². The summed E-state index contributed by atoms with van der Waals surface area (Å²) in [6.07, 6.45) is 1.85. The third-order valence-corrected chi connectivity index (χ3v) is 1.08. The van der Waals surface area contributed by atoms with E-state index in [1.165, 1.54) is 10.8 Å². The van der Waals surface area contributed by atoms with Crippen LogP contribution in [0.2, 0.25) is 0 Å². The Hall–Kier alpha value is 0.01000. The molecule has 0 aliphatic heterocycles. The number of hydrogen-bond acceptors (Lipinski definition) is 3. The van der Waals surface area contributed by atoms with E-state index in [-0.39, 0.29) is 0 Å². The van der Waals surface area contributed by atoms with Gasteiger partial charge in [-0.1, -0.05) is 10.8 Å². The van der Waals surface area contributed by atoms with Crippen LogP contribution in [0.4, 0.5) is 0 Å². The number of rotatable bonds is 2. The average molecular weight is 121 g/mol. The van der Waals surface area contributed by atoms with E-state index in [1.54, 1.807) is 0 Å². The van der Waals surface area contributed by atoms with Crippen molar-refractivity contribution in [2.24, 2.45) is 4.52 Å². The van der Waals surface area contributed by atoms with Gasteiger partial charge in [0.25, 0.3) is 0 Å². The molecule has 0 atom stereocenters. The molecule has 0 aromatic rings. The molecule has 0 aromatic heterocycles. The van der Waals surface area contributed by atoms with Gasteiger partial charge in [-0.15, -0.1) is 0 Å². The Kier molecular flexibility index (Phi) is 5.02. The van der Waals surface area contributed by atoms with Gasteiger partial charge in [-0.3, -0.25) is 0 Å². The van der Waals surface area contributed by atoms with E-state index in [0.717, 1.165) is 11.0 Å². The Bertz CT molecular complexity index is 65.2. The zero-order valence-electron chi connectivity index (χ0n) is 3.16. The quantitative estimate of drug-likeness (QED) is 0.185. The van der Waals surface area contributed by atoms with E-state index in [0.29, 0.717) is 0 Å². The highest BCUT2D eigenvalue weighted by molar-refractivity contribution is 8.75. The SMILES string of the molecule is CSSN=[N+]=[N-]. The summed E-state index contributed by atoms with van der Waals surface area (Å²) in [5.74, 6) is 0. The van der Waals surface area contributed by atoms with Gasteiger partial charge in [-0.25, -0.2) is 0 Å². The predicted molar refractivity (Wildman–Crippen MR) is 30.3 cm³/mol. The first-order valence-electron chi connectivity index (χ1n) is 1.16. The highest BCUT2D eigenvalue weighted by atomic mass is 33.1. The minimum Gasteiger partial charge on any atom is -0.0902 e. The van der Waals surface area contributed by atoms with Crippen molar-refractivity contribution < 1.29 is 0 Å². The van der Waals surface area contributed by atoms with Crippen molar-refractivity contribution in [1.82, 2.24) is 0 Å². The third-order valence-electron chi connectivity index (χ3n) is 0.144. The van der Waals surface area contributed by atoms with Crippen molar-refractivity contribution in [2.45, 2.75) is 0 Å². The van der Waals surface area contributed by atoms with E-state index < -0.39 is 0 Å². The van der Waals surface area contributed by atoms with Crippen molar-refractivity contribution in [3.63, 3.8) is 0 Å². The molecule has 0 amide bonds. The van der Waals surface area contributed by atoms with Gasteiger partial charge in [0, 0.05) is 15.9 Å². The van der Waals surface area contributed by atoms with Gasteiger partial charge in [0.1, 0.15) is 0 Å². The maximum Gasteiger partial charge on any atom is 0.0116 e. The Labute approximate surface area is 43.7 Å². The van der Waals surface area contributed by atoms with Gasteiger partial charge in [-0.2, -0.15) is 0 Å². The van der Waals surface area contributed by atoms with Gasteiger partial charge in [0.15, 0.2) is 0 Å². The van der Waals surface area contributed by atoms with Crippen molar-refractivity contribution in [2.75, 3.05) is 6.26 Å². The zero-order chi connectivity index (χ0) is 4.83. The summed E-state index contributed by atoms with van der Waals surface area (Å²) in [6.45, 7) is 0. The second-order valence-electron chi connectivity index (χ2n) is 0.412. The van der Waals surface area contributed by atoms with Crippen LogP contribution >= 0.6 is 21.8 Å². The molecule has 0 unspecified atom stereocenters. The summed E-state index contributed by atoms with van der Waals surface area (Å²) >= 11 is 0. The van der Waals surface area contributed by atoms with Crippen LogP contribution in [0, 0.1) is 0 Å². The lowest BCUT2D eigenvalue weighted by molar-refractivity contribution is 1.83. The molecule has 34 valence electrons. The first-order valence-corrected chi connectivity index (χ1v) is 3.67. The summed E-state index contributed by atoms with van der Waals surface area (Å²) in [7, 11) is 2.56. The fourth-order valence-corrected chi connectivity index (χ4v) is 0.434. The fraction of sp³-hybridized carbons (Fsp3) is 1.00. The van der Waals surface area contributed by atoms with E-state index >= 15 is 0 Å². The van der Waals surface area contributed by atoms with Crippen molar-refractivity contribution in [1.29, 1.82) is 0 Å². The van der Waals surface area contributed by atoms with Crippen LogP contribution in [0.1, 0.15) is 0 Å². The maximum absolute atomic E-state index is 7.62. The average Bonchev–Trinajstić information content (AvgIpc) is 1.61. The Balaban J connectivity index is 2.86. The molecule has 0 spiro atoms. The van der Waals surface area contributed by atoms with Gasteiger partial charge in [-0.05, 0) is 16.3 Å². The topological polar surface area (TPSA) is 48.8 Å². The molecule has 0 saturated heterocycles. The van der Waals surface area contributed by atoms with Crippen LogP contribution in [0.25, 0.3) is 10.4 Å². The Morgan fingerprint density at radius 1 is 1.83 bits per heavy atom. The van der Waals surface area contributed by atoms with Crippen LogP contribution in [0.15, 0.2) is 4.52 Å². The lowest BCUT2D eigenvalue weighted by Gasteiger charge is -1.71. The summed E-state index contributed by atoms with van der Waals surface area (Å²) in [5, 5.41) is 0. The monoisotopic (exact) mass is 121 g/mol. The van der Waals surface area contributed by atoms with Crippen LogP contribution in [-0.2, 0) is 0 Å². The summed E-state index contributed by atoms with van der Waals surface area (Å²) in [5.41, 5.74) is 7.62. The molecule has 3 nitrogen and oxygen atoms in total. The lowest BCUT2D eigenvalue weighted by Crippen LogP contribution is -1.28. The van der Waals surface area contributed by atoms with E-state index in [2.05, 4.69) is 9.43 Å². The zero-order valence-corrected chi connectivity index (χ0v) is 4.79. The largest absolute Gasteiger partial charge is 0.0902 e. The molecule has 0 heterocycles. The number of nitrogens with zero attached hydrogens (tertiary/aromatic N) is 3. The van der Waals surface area contributed by atoms with Crippen molar-refractivity contribution in [3.8, 4) is 0 Å². The molecule has 0 aliphatic carbocycles. The molecule has 0 bridgehead atoms. The maximum atomic E-state index is 7.62. The normalized spacial score (nSPS) is 6.83. The minimum atomic E-state index is 1.13. The smallest absolute Gasteiger partial charge is 0.0116 e. The molecule has 5 heteroatoms. The first kappa shape index (κ1) is 6.01. The predicted octanol–water partition coefficient (Wildman–Crippen LogP) is 2.22. The Morgan fingerprint density at radius 3 is 2.67 bits per heavy atom. The Morgan fingerprint density at radius 2 is 2.50 bits per heavy atom. The van der Waals surface area contributed by atoms with Crippen LogP contribution < -0.4 is 0 Å².